The van der Waals surface area contributed by atoms with Crippen molar-refractivity contribution in [1.29, 1.82) is 0 Å². The summed E-state index contributed by atoms with van der Waals surface area (Å²) in [6, 6.07) is 17.2. The molecule has 2 heterocycles. The average Bonchev–Trinajstić information content (AvgIpc) is 3.10. The number of para-hydroxylation sites is 1. The maximum atomic E-state index is 12.4. The van der Waals surface area contributed by atoms with Crippen molar-refractivity contribution in [2.45, 2.75) is 19.1 Å². The Hall–Kier alpha value is -2.86. The second-order valence-electron chi connectivity index (χ2n) is 6.51. The lowest BCUT2D eigenvalue weighted by Gasteiger charge is -2.39. The Balaban J connectivity index is 1.28. The molecule has 1 aromatic heterocycles. The average molecular weight is 383 g/mol. The third-order valence-corrected chi connectivity index (χ3v) is 4.95. The zero-order valence-electron chi connectivity index (χ0n) is 14.7. The monoisotopic (exact) mass is 382 g/mol. The van der Waals surface area contributed by atoms with Crippen LogP contribution in [0.2, 0.25) is 5.02 Å². The Kier molecular flexibility index (Phi) is 5.07. The number of hydrogen-bond acceptors (Lipinski definition) is 4. The van der Waals surface area contributed by atoms with Crippen LogP contribution in [0.1, 0.15) is 17.3 Å². The van der Waals surface area contributed by atoms with Gasteiger partial charge in [0.15, 0.2) is 0 Å². The minimum Gasteiger partial charge on any atom is -0.487 e. The lowest BCUT2D eigenvalue weighted by atomic mass is 10.1. The highest BCUT2D eigenvalue weighted by Crippen LogP contribution is 2.23. The third kappa shape index (κ3) is 4.11. The molecule has 0 unspecified atom stereocenters. The molecule has 27 heavy (non-hydrogen) atoms. The topological polar surface area (TPSA) is 60.2 Å². The van der Waals surface area contributed by atoms with Crippen molar-refractivity contribution in [1.82, 2.24) is 19.9 Å². The molecule has 1 fully saturated rings. The maximum Gasteiger partial charge on any atom is 0.227 e. The van der Waals surface area contributed by atoms with E-state index < -0.39 is 0 Å². The van der Waals surface area contributed by atoms with Crippen LogP contribution in [0.5, 0.6) is 5.75 Å². The molecule has 1 aliphatic heterocycles. The Morgan fingerprint density at radius 2 is 1.85 bits per heavy atom. The van der Waals surface area contributed by atoms with Gasteiger partial charge in [-0.25, -0.2) is 4.68 Å². The van der Waals surface area contributed by atoms with Crippen LogP contribution < -0.4 is 4.74 Å². The molecule has 7 heteroatoms. The van der Waals surface area contributed by atoms with E-state index in [4.69, 9.17) is 16.3 Å². The van der Waals surface area contributed by atoms with Crippen molar-refractivity contribution in [3.63, 3.8) is 0 Å². The highest BCUT2D eigenvalue weighted by Gasteiger charge is 2.32. The van der Waals surface area contributed by atoms with E-state index in [9.17, 15) is 4.79 Å². The molecule has 1 aliphatic rings. The van der Waals surface area contributed by atoms with E-state index in [2.05, 4.69) is 10.3 Å². The van der Waals surface area contributed by atoms with Gasteiger partial charge in [0.2, 0.25) is 5.91 Å². The molecular weight excluding hydrogens is 364 g/mol. The van der Waals surface area contributed by atoms with Crippen LogP contribution in [0.15, 0.2) is 60.8 Å². The van der Waals surface area contributed by atoms with Crippen LogP contribution in [0.25, 0.3) is 0 Å². The molecule has 0 aliphatic carbocycles. The van der Waals surface area contributed by atoms with Crippen LogP contribution in [-0.4, -0.2) is 38.9 Å². The van der Waals surface area contributed by atoms with Crippen molar-refractivity contribution in [3.05, 3.63) is 77.1 Å². The van der Waals surface area contributed by atoms with Gasteiger partial charge in [0, 0.05) is 18.1 Å². The molecule has 0 atom stereocenters. The second kappa shape index (κ2) is 7.80. The summed E-state index contributed by atoms with van der Waals surface area (Å²) < 4.78 is 7.49. The lowest BCUT2D eigenvalue weighted by Crippen LogP contribution is -2.51. The van der Waals surface area contributed by atoms with Crippen LogP contribution in [0.3, 0.4) is 0 Å². The Morgan fingerprint density at radius 3 is 2.63 bits per heavy atom. The molecule has 6 nitrogen and oxygen atoms in total. The van der Waals surface area contributed by atoms with Crippen LogP contribution in [0, 0.1) is 0 Å². The number of nitrogens with zero attached hydrogens (tertiary/aromatic N) is 4. The molecule has 1 amide bonds. The van der Waals surface area contributed by atoms with E-state index >= 15 is 0 Å². The molecule has 0 spiro atoms. The summed E-state index contributed by atoms with van der Waals surface area (Å²) in [4.78, 5) is 14.2. The van der Waals surface area contributed by atoms with Crippen LogP contribution in [0.4, 0.5) is 0 Å². The first-order chi connectivity index (χ1) is 13.2. The van der Waals surface area contributed by atoms with E-state index in [-0.39, 0.29) is 11.9 Å². The van der Waals surface area contributed by atoms with Crippen LogP contribution >= 0.6 is 11.6 Å². The van der Waals surface area contributed by atoms with Gasteiger partial charge in [-0.2, -0.15) is 0 Å². The van der Waals surface area contributed by atoms with E-state index in [1.807, 2.05) is 64.3 Å². The summed E-state index contributed by atoms with van der Waals surface area (Å²) in [6.07, 6.45) is 2.20. The van der Waals surface area contributed by atoms with Gasteiger partial charge in [0.25, 0.3) is 0 Å². The molecule has 2 aromatic carbocycles. The number of amides is 1. The van der Waals surface area contributed by atoms with Gasteiger partial charge in [-0.15, -0.1) is 5.10 Å². The first-order valence-electron chi connectivity index (χ1n) is 8.79. The summed E-state index contributed by atoms with van der Waals surface area (Å²) in [5.74, 6) is 0.874. The first kappa shape index (κ1) is 17.5. The predicted octanol–water partition coefficient (Wildman–Crippen LogP) is 3.14. The van der Waals surface area contributed by atoms with Crippen molar-refractivity contribution in [3.8, 4) is 5.75 Å². The van der Waals surface area contributed by atoms with E-state index in [1.165, 1.54) is 0 Å². The first-order valence-corrected chi connectivity index (χ1v) is 9.16. The predicted molar refractivity (Wildman–Crippen MR) is 102 cm³/mol. The molecule has 1 saturated heterocycles. The molecule has 0 radical (unpaired) electrons. The Bertz CT molecular complexity index is 922. The second-order valence-corrected chi connectivity index (χ2v) is 6.92. The smallest absolute Gasteiger partial charge is 0.227 e. The zero-order chi connectivity index (χ0) is 18.6. The standard InChI is InChI=1S/C20H19ClN4O2/c21-19-9-5-4-6-15(19)10-20(26)24-12-17(13-24)25-11-16(22-23-25)14-27-18-7-2-1-3-8-18/h1-9,11,17H,10,12-14H2. The number of benzene rings is 2. The number of ether oxygens (including phenoxy) is 1. The van der Waals surface area contributed by atoms with Gasteiger partial charge < -0.3 is 9.64 Å². The van der Waals surface area contributed by atoms with E-state index in [0.717, 1.165) is 17.0 Å². The van der Waals surface area contributed by atoms with Crippen molar-refractivity contribution in [2.24, 2.45) is 0 Å². The molecule has 4 rings (SSSR count). The van der Waals surface area contributed by atoms with Gasteiger partial charge in [-0.3, -0.25) is 4.79 Å². The van der Waals surface area contributed by atoms with Crippen molar-refractivity contribution < 1.29 is 9.53 Å². The highest BCUT2D eigenvalue weighted by molar-refractivity contribution is 6.31. The molecule has 3 aromatic rings. The Morgan fingerprint density at radius 1 is 1.11 bits per heavy atom. The summed E-state index contributed by atoms with van der Waals surface area (Å²) in [6.45, 7) is 1.63. The lowest BCUT2D eigenvalue weighted by molar-refractivity contribution is -0.136. The fourth-order valence-electron chi connectivity index (χ4n) is 2.97. The van der Waals surface area contributed by atoms with E-state index in [0.29, 0.717) is 31.1 Å². The molecule has 0 saturated carbocycles. The molecule has 138 valence electrons. The quantitative estimate of drug-likeness (QED) is 0.657. The van der Waals surface area contributed by atoms with Gasteiger partial charge >= 0.3 is 0 Å². The highest BCUT2D eigenvalue weighted by atomic mass is 35.5. The van der Waals surface area contributed by atoms with Gasteiger partial charge in [0.05, 0.1) is 18.7 Å². The van der Waals surface area contributed by atoms with E-state index in [1.54, 1.807) is 6.07 Å². The number of hydrogen-bond donors (Lipinski definition) is 0. The Labute approximate surface area is 162 Å². The summed E-state index contributed by atoms with van der Waals surface area (Å²) in [7, 11) is 0. The number of aromatic nitrogens is 3. The summed E-state index contributed by atoms with van der Waals surface area (Å²) in [5, 5.41) is 8.95. The number of halogens is 1. The number of carbonyl (C=O) groups excluding carboxylic acids is 1. The number of rotatable bonds is 6. The van der Waals surface area contributed by atoms with Crippen molar-refractivity contribution >= 4 is 17.5 Å². The van der Waals surface area contributed by atoms with Crippen molar-refractivity contribution in [2.75, 3.05) is 13.1 Å². The fourth-order valence-corrected chi connectivity index (χ4v) is 3.18. The third-order valence-electron chi connectivity index (χ3n) is 4.58. The number of likely N-dealkylation sites (tertiary alicyclic amines) is 1. The molecule has 0 N–H and O–H groups in total. The van der Waals surface area contributed by atoms with Gasteiger partial charge in [-0.1, -0.05) is 53.2 Å². The fraction of sp³-hybridized carbons (Fsp3) is 0.250. The SMILES string of the molecule is O=C(Cc1ccccc1Cl)N1CC(n2cc(COc3ccccc3)nn2)C1. The summed E-state index contributed by atoms with van der Waals surface area (Å²) in [5.41, 5.74) is 1.62. The molecule has 0 bridgehead atoms. The summed E-state index contributed by atoms with van der Waals surface area (Å²) >= 11 is 6.13. The number of carbonyl (C=O) groups is 1. The normalized spacial score (nSPS) is 14.0. The van der Waals surface area contributed by atoms with Gasteiger partial charge in [0.1, 0.15) is 18.1 Å². The minimum atomic E-state index is 0.0760. The minimum absolute atomic E-state index is 0.0760. The molecular formula is C20H19ClN4O2. The largest absolute Gasteiger partial charge is 0.487 e. The zero-order valence-corrected chi connectivity index (χ0v) is 15.4. The van der Waals surface area contributed by atoms with Gasteiger partial charge in [-0.05, 0) is 23.8 Å². The maximum absolute atomic E-state index is 12.4. The van der Waals surface area contributed by atoms with Crippen LogP contribution in [-0.2, 0) is 17.8 Å².